The van der Waals surface area contributed by atoms with E-state index in [1.807, 2.05) is 29.7 Å². The smallest absolute Gasteiger partial charge is 0.341 e. The van der Waals surface area contributed by atoms with E-state index in [0.29, 0.717) is 40.1 Å². The Kier molecular flexibility index (Phi) is 9.83. The lowest BCUT2D eigenvalue weighted by atomic mass is 9.95. The number of amides is 2. The second-order valence-electron chi connectivity index (χ2n) is 8.30. The molecule has 8 nitrogen and oxygen atoms in total. The van der Waals surface area contributed by atoms with Crippen LogP contribution in [0.2, 0.25) is 5.02 Å². The summed E-state index contributed by atoms with van der Waals surface area (Å²) in [4.78, 5) is 43.7. The molecule has 0 saturated heterocycles. The van der Waals surface area contributed by atoms with Crippen molar-refractivity contribution in [3.8, 4) is 0 Å². The van der Waals surface area contributed by atoms with Crippen LogP contribution in [0.4, 0.5) is 5.00 Å². The van der Waals surface area contributed by atoms with Gasteiger partial charge in [-0.1, -0.05) is 22.9 Å². The fraction of sp³-hybridized carbons (Fsp3) is 0.440. The third kappa shape index (κ3) is 6.83. The molecule has 2 amide bonds. The molecule has 3 aromatic rings. The second kappa shape index (κ2) is 13.1. The molecule has 12 heteroatoms. The summed E-state index contributed by atoms with van der Waals surface area (Å²) in [6.07, 6.45) is 3.80. The number of nitrogens with zero attached hydrogens (tertiary/aromatic N) is 2. The van der Waals surface area contributed by atoms with Crippen molar-refractivity contribution in [2.75, 3.05) is 37.1 Å². The van der Waals surface area contributed by atoms with E-state index in [0.717, 1.165) is 46.3 Å². The monoisotopic (exact) mass is 581 g/mol. The predicted octanol–water partition coefficient (Wildman–Crippen LogP) is 4.92. The SMILES string of the molecule is CCOCCn1c(=NC(=O)CSCC(=O)Nc2sc3c(c2C(=O)OC)CCCC3)sc2cc(Cl)ccc21. The third-order valence-corrected chi connectivity index (χ3v) is 9.20. The number of carbonyl (C=O) groups is 3. The Morgan fingerprint density at radius 3 is 2.78 bits per heavy atom. The van der Waals surface area contributed by atoms with Gasteiger partial charge in [-0.15, -0.1) is 23.1 Å². The number of esters is 1. The summed E-state index contributed by atoms with van der Waals surface area (Å²) in [5, 5.41) is 4.00. The number of anilines is 1. The van der Waals surface area contributed by atoms with Crippen LogP contribution in [-0.2, 0) is 38.4 Å². The van der Waals surface area contributed by atoms with Gasteiger partial charge in [-0.3, -0.25) is 9.59 Å². The van der Waals surface area contributed by atoms with Gasteiger partial charge < -0.3 is 19.4 Å². The average Bonchev–Trinajstić information content (AvgIpc) is 3.40. The van der Waals surface area contributed by atoms with E-state index < -0.39 is 5.97 Å². The van der Waals surface area contributed by atoms with Gasteiger partial charge in [0.25, 0.3) is 5.91 Å². The molecule has 1 N–H and O–H groups in total. The normalized spacial score (nSPS) is 13.5. The molecule has 2 aromatic heterocycles. The number of nitrogens with one attached hydrogen (secondary N) is 1. The first kappa shape index (κ1) is 27.8. The van der Waals surface area contributed by atoms with Crippen molar-refractivity contribution in [1.82, 2.24) is 4.57 Å². The number of fused-ring (bicyclic) bond motifs is 2. The highest BCUT2D eigenvalue weighted by Gasteiger charge is 2.26. The summed E-state index contributed by atoms with van der Waals surface area (Å²) in [6, 6.07) is 5.57. The van der Waals surface area contributed by atoms with Crippen LogP contribution in [0.3, 0.4) is 0 Å². The molecular weight excluding hydrogens is 554 g/mol. The van der Waals surface area contributed by atoms with E-state index in [1.165, 1.54) is 41.5 Å². The minimum Gasteiger partial charge on any atom is -0.465 e. The summed E-state index contributed by atoms with van der Waals surface area (Å²) in [7, 11) is 1.34. The number of aryl methyl sites for hydroxylation is 1. The van der Waals surface area contributed by atoms with Crippen LogP contribution in [0.5, 0.6) is 0 Å². The molecule has 2 heterocycles. The highest BCUT2D eigenvalue weighted by molar-refractivity contribution is 8.00. The topological polar surface area (TPSA) is 99.0 Å². The summed E-state index contributed by atoms with van der Waals surface area (Å²) in [5.74, 6) is -0.916. The maximum absolute atomic E-state index is 12.7. The number of aromatic nitrogens is 1. The van der Waals surface area contributed by atoms with Gasteiger partial charge in [0.15, 0.2) is 4.80 Å². The number of thiazole rings is 1. The third-order valence-electron chi connectivity index (χ3n) is 5.80. The molecule has 1 aliphatic carbocycles. The molecule has 0 unspecified atom stereocenters. The maximum Gasteiger partial charge on any atom is 0.341 e. The van der Waals surface area contributed by atoms with Gasteiger partial charge in [-0.05, 0) is 56.4 Å². The lowest BCUT2D eigenvalue weighted by Gasteiger charge is -2.11. The zero-order valence-electron chi connectivity index (χ0n) is 20.6. The fourth-order valence-corrected chi connectivity index (χ4v) is 7.40. The lowest BCUT2D eigenvalue weighted by Crippen LogP contribution is -2.20. The number of methoxy groups -OCH3 is 1. The van der Waals surface area contributed by atoms with Crippen molar-refractivity contribution in [2.45, 2.75) is 39.2 Å². The number of carbonyl (C=O) groups excluding carboxylic acids is 3. The Bertz CT molecular complexity index is 1380. The van der Waals surface area contributed by atoms with E-state index in [2.05, 4.69) is 10.3 Å². The van der Waals surface area contributed by atoms with Gasteiger partial charge in [0.2, 0.25) is 5.91 Å². The molecule has 0 bridgehead atoms. The summed E-state index contributed by atoms with van der Waals surface area (Å²) >= 11 is 10.2. The molecule has 0 fully saturated rings. The Hall–Kier alpha value is -2.18. The Labute approximate surface area is 232 Å². The average molecular weight is 582 g/mol. The largest absolute Gasteiger partial charge is 0.465 e. The van der Waals surface area contributed by atoms with Crippen LogP contribution in [0, 0.1) is 0 Å². The number of thioether (sulfide) groups is 1. The molecule has 0 atom stereocenters. The van der Waals surface area contributed by atoms with Gasteiger partial charge >= 0.3 is 5.97 Å². The number of halogens is 1. The van der Waals surface area contributed by atoms with Gasteiger partial charge in [0.05, 0.1) is 41.0 Å². The van der Waals surface area contributed by atoms with Crippen molar-refractivity contribution >= 4 is 79.0 Å². The highest BCUT2D eigenvalue weighted by atomic mass is 35.5. The molecular formula is C25H28ClN3O5S3. The summed E-state index contributed by atoms with van der Waals surface area (Å²) < 4.78 is 13.3. The molecule has 198 valence electrons. The first-order valence-corrected chi connectivity index (χ1v) is 15.1. The second-order valence-corrected chi connectivity index (χ2v) is 11.8. The molecule has 0 spiro atoms. The van der Waals surface area contributed by atoms with Crippen molar-refractivity contribution in [3.63, 3.8) is 0 Å². The molecule has 37 heavy (non-hydrogen) atoms. The zero-order valence-corrected chi connectivity index (χ0v) is 23.8. The maximum atomic E-state index is 12.7. The first-order chi connectivity index (χ1) is 17.9. The zero-order chi connectivity index (χ0) is 26.4. The number of benzene rings is 1. The summed E-state index contributed by atoms with van der Waals surface area (Å²) in [5.41, 5.74) is 2.39. The number of thiophene rings is 1. The predicted molar refractivity (Wildman–Crippen MR) is 150 cm³/mol. The van der Waals surface area contributed by atoms with Crippen molar-refractivity contribution in [1.29, 1.82) is 0 Å². The first-order valence-electron chi connectivity index (χ1n) is 12.0. The quantitative estimate of drug-likeness (QED) is 0.269. The van der Waals surface area contributed by atoms with E-state index in [9.17, 15) is 14.4 Å². The van der Waals surface area contributed by atoms with Crippen molar-refractivity contribution in [3.05, 3.63) is 44.0 Å². The molecule has 1 aliphatic rings. The molecule has 0 radical (unpaired) electrons. The van der Waals surface area contributed by atoms with Gasteiger partial charge in [0, 0.05) is 23.1 Å². The van der Waals surface area contributed by atoms with Crippen LogP contribution in [0.15, 0.2) is 23.2 Å². The van der Waals surface area contributed by atoms with Crippen LogP contribution in [-0.4, -0.2) is 54.2 Å². The standard InChI is InChI=1S/C25H28ClN3O5S3/c1-3-34-11-10-29-17-9-8-15(26)12-19(17)37-25(29)28-21(31)14-35-13-20(30)27-23-22(24(32)33-2)16-6-4-5-7-18(16)36-23/h8-9,12H,3-7,10-11,13-14H2,1-2H3,(H,27,30). The van der Waals surface area contributed by atoms with Gasteiger partial charge in [-0.25, -0.2) is 4.79 Å². The van der Waals surface area contributed by atoms with E-state index in [4.69, 9.17) is 21.1 Å². The Balaban J connectivity index is 1.40. The number of rotatable bonds is 10. The number of hydrogen-bond acceptors (Lipinski definition) is 8. The van der Waals surface area contributed by atoms with Gasteiger partial charge in [0.1, 0.15) is 5.00 Å². The molecule has 1 aromatic carbocycles. The molecule has 4 rings (SSSR count). The van der Waals surface area contributed by atoms with E-state index in [-0.39, 0.29) is 23.3 Å². The van der Waals surface area contributed by atoms with Gasteiger partial charge in [-0.2, -0.15) is 4.99 Å². The fourth-order valence-electron chi connectivity index (χ4n) is 4.15. The lowest BCUT2D eigenvalue weighted by molar-refractivity contribution is -0.115. The minimum atomic E-state index is -0.432. The van der Waals surface area contributed by atoms with Crippen LogP contribution in [0.25, 0.3) is 10.2 Å². The van der Waals surface area contributed by atoms with E-state index >= 15 is 0 Å². The Morgan fingerprint density at radius 1 is 1.19 bits per heavy atom. The highest BCUT2D eigenvalue weighted by Crippen LogP contribution is 2.38. The summed E-state index contributed by atoms with van der Waals surface area (Å²) in [6.45, 7) is 3.60. The van der Waals surface area contributed by atoms with Crippen LogP contribution >= 0.6 is 46.0 Å². The Morgan fingerprint density at radius 2 is 2.00 bits per heavy atom. The van der Waals surface area contributed by atoms with Crippen LogP contribution in [0.1, 0.15) is 40.6 Å². The minimum absolute atomic E-state index is 0.0542. The molecule has 0 aliphatic heterocycles. The van der Waals surface area contributed by atoms with E-state index in [1.54, 1.807) is 0 Å². The van der Waals surface area contributed by atoms with Crippen molar-refractivity contribution in [2.24, 2.45) is 4.99 Å². The van der Waals surface area contributed by atoms with Crippen molar-refractivity contribution < 1.29 is 23.9 Å². The number of ether oxygens (including phenoxy) is 2. The molecule has 0 saturated carbocycles. The number of hydrogen-bond donors (Lipinski definition) is 1. The van der Waals surface area contributed by atoms with Crippen LogP contribution < -0.4 is 10.1 Å².